The molecule has 0 spiro atoms. The molecule has 0 unspecified atom stereocenters. The topological polar surface area (TPSA) is 69.2 Å². The fraction of sp³-hybridized carbons (Fsp3) is 0.500. The fourth-order valence-electron chi connectivity index (χ4n) is 3.86. The van der Waals surface area contributed by atoms with Crippen LogP contribution in [0.1, 0.15) is 48.8 Å². The van der Waals surface area contributed by atoms with Gasteiger partial charge < -0.3 is 4.74 Å². The van der Waals surface area contributed by atoms with Gasteiger partial charge in [-0.15, -0.1) is 0 Å². The zero-order valence-electron chi connectivity index (χ0n) is 15.1. The minimum Gasteiger partial charge on any atom is -0.477 e. The first-order valence-electron chi connectivity index (χ1n) is 9.38. The lowest BCUT2D eigenvalue weighted by atomic mass is 9.94. The number of aryl methyl sites for hydroxylation is 2. The molecule has 0 fully saturated rings. The summed E-state index contributed by atoms with van der Waals surface area (Å²) in [6, 6.07) is 5.99. The number of hydrogen-bond acceptors (Lipinski definition) is 5. The molecule has 1 aliphatic carbocycles. The Balaban J connectivity index is 1.85. The molecule has 0 radical (unpaired) electrons. The van der Waals surface area contributed by atoms with Gasteiger partial charge in [-0.25, -0.2) is 18.4 Å². The molecule has 138 valence electrons. The lowest BCUT2D eigenvalue weighted by Crippen LogP contribution is -2.13. The zero-order valence-corrected chi connectivity index (χ0v) is 15.9. The van der Waals surface area contributed by atoms with E-state index in [1.54, 1.807) is 0 Å². The standard InChI is InChI=1S/C20H24N2O3S/c1-26(23,24)20-16-9-5-3-2-4-7-15(16)13-18(22-20)17-11-10-14-8-6-12-25-19(14)21-17/h10-11,13H,2-9,12H2,1H3. The van der Waals surface area contributed by atoms with Crippen LogP contribution in [-0.4, -0.2) is 31.2 Å². The Morgan fingerprint density at radius 3 is 2.46 bits per heavy atom. The second kappa shape index (κ2) is 6.99. The van der Waals surface area contributed by atoms with E-state index in [4.69, 9.17) is 4.74 Å². The molecular weight excluding hydrogens is 348 g/mol. The Morgan fingerprint density at radius 2 is 1.65 bits per heavy atom. The SMILES string of the molecule is CS(=O)(=O)c1nc(-c2ccc3c(n2)OCCC3)cc2c1CCCCCC2. The maximum absolute atomic E-state index is 12.4. The summed E-state index contributed by atoms with van der Waals surface area (Å²) in [5.74, 6) is 0.656. The summed E-state index contributed by atoms with van der Waals surface area (Å²) in [6.07, 6.45) is 9.34. The molecule has 0 saturated carbocycles. The van der Waals surface area contributed by atoms with Crippen LogP contribution >= 0.6 is 0 Å². The number of rotatable bonds is 2. The number of aromatic nitrogens is 2. The Bertz CT molecular complexity index is 938. The maximum Gasteiger partial charge on any atom is 0.217 e. The highest BCUT2D eigenvalue weighted by Crippen LogP contribution is 2.31. The van der Waals surface area contributed by atoms with Crippen molar-refractivity contribution in [1.82, 2.24) is 9.97 Å². The first kappa shape index (κ1) is 17.5. The van der Waals surface area contributed by atoms with E-state index in [1.807, 2.05) is 18.2 Å². The molecule has 0 saturated heterocycles. The molecule has 6 heteroatoms. The van der Waals surface area contributed by atoms with Crippen molar-refractivity contribution in [3.8, 4) is 17.3 Å². The summed E-state index contributed by atoms with van der Waals surface area (Å²) in [6.45, 7) is 0.676. The molecule has 2 aromatic heterocycles. The maximum atomic E-state index is 12.4. The third kappa shape index (κ3) is 3.47. The Labute approximate surface area is 154 Å². The van der Waals surface area contributed by atoms with Gasteiger partial charge in [0.05, 0.1) is 18.0 Å². The van der Waals surface area contributed by atoms with Gasteiger partial charge in [0.2, 0.25) is 5.88 Å². The number of ether oxygens (including phenoxy) is 1. The number of sulfone groups is 1. The van der Waals surface area contributed by atoms with E-state index in [0.29, 0.717) is 23.9 Å². The van der Waals surface area contributed by atoms with Crippen molar-refractivity contribution in [2.75, 3.05) is 12.9 Å². The van der Waals surface area contributed by atoms with E-state index in [1.165, 1.54) is 12.7 Å². The molecule has 1 aliphatic heterocycles. The molecule has 3 heterocycles. The summed E-state index contributed by atoms with van der Waals surface area (Å²) in [5.41, 5.74) is 4.43. The first-order valence-corrected chi connectivity index (χ1v) is 11.3. The van der Waals surface area contributed by atoms with Gasteiger partial charge in [0, 0.05) is 11.8 Å². The van der Waals surface area contributed by atoms with E-state index in [-0.39, 0.29) is 5.03 Å². The van der Waals surface area contributed by atoms with Gasteiger partial charge in [-0.05, 0) is 61.8 Å². The van der Waals surface area contributed by atoms with Crippen LogP contribution in [0, 0.1) is 0 Å². The molecule has 0 N–H and O–H groups in total. The van der Waals surface area contributed by atoms with Crippen LogP contribution in [0.15, 0.2) is 23.2 Å². The number of nitrogens with zero attached hydrogens (tertiary/aromatic N) is 2. The molecule has 0 bridgehead atoms. The minimum absolute atomic E-state index is 0.229. The quantitative estimate of drug-likeness (QED) is 0.807. The van der Waals surface area contributed by atoms with Gasteiger partial charge in [0.15, 0.2) is 14.9 Å². The van der Waals surface area contributed by atoms with Gasteiger partial charge in [0.1, 0.15) is 0 Å². The summed E-state index contributed by atoms with van der Waals surface area (Å²) < 4.78 is 30.5. The molecule has 0 aromatic carbocycles. The van der Waals surface area contributed by atoms with Crippen LogP contribution in [0.2, 0.25) is 0 Å². The van der Waals surface area contributed by atoms with Crippen molar-refractivity contribution in [3.05, 3.63) is 34.9 Å². The third-order valence-corrected chi connectivity index (χ3v) is 6.22. The lowest BCUT2D eigenvalue weighted by molar-refractivity contribution is 0.276. The van der Waals surface area contributed by atoms with Crippen LogP contribution in [0.25, 0.3) is 11.4 Å². The third-order valence-electron chi connectivity index (χ3n) is 5.18. The number of hydrogen-bond donors (Lipinski definition) is 0. The van der Waals surface area contributed by atoms with Gasteiger partial charge in [-0.2, -0.15) is 0 Å². The van der Waals surface area contributed by atoms with Crippen molar-refractivity contribution in [2.45, 2.75) is 56.4 Å². The van der Waals surface area contributed by atoms with E-state index >= 15 is 0 Å². The highest BCUT2D eigenvalue weighted by Gasteiger charge is 2.22. The van der Waals surface area contributed by atoms with Crippen molar-refractivity contribution in [1.29, 1.82) is 0 Å². The molecule has 4 rings (SSSR count). The summed E-state index contributed by atoms with van der Waals surface area (Å²) in [7, 11) is -3.39. The summed E-state index contributed by atoms with van der Waals surface area (Å²) >= 11 is 0. The lowest BCUT2D eigenvalue weighted by Gasteiger charge is -2.19. The average molecular weight is 372 g/mol. The molecular formula is C20H24N2O3S. The van der Waals surface area contributed by atoms with Crippen LogP contribution in [-0.2, 0) is 29.1 Å². The first-order chi connectivity index (χ1) is 12.5. The minimum atomic E-state index is -3.39. The molecule has 2 aromatic rings. The Hall–Kier alpha value is -1.95. The smallest absolute Gasteiger partial charge is 0.217 e. The monoisotopic (exact) mass is 372 g/mol. The van der Waals surface area contributed by atoms with E-state index in [0.717, 1.165) is 61.6 Å². The number of fused-ring (bicyclic) bond motifs is 2. The highest BCUT2D eigenvalue weighted by atomic mass is 32.2. The van der Waals surface area contributed by atoms with Gasteiger partial charge >= 0.3 is 0 Å². The predicted octanol–water partition coefficient (Wildman–Crippen LogP) is 3.53. The van der Waals surface area contributed by atoms with Crippen LogP contribution < -0.4 is 4.74 Å². The molecule has 5 nitrogen and oxygen atoms in total. The van der Waals surface area contributed by atoms with Crippen molar-refractivity contribution in [2.24, 2.45) is 0 Å². The van der Waals surface area contributed by atoms with Gasteiger partial charge in [0.25, 0.3) is 0 Å². The molecule has 0 amide bonds. The normalized spacial score (nSPS) is 17.4. The summed E-state index contributed by atoms with van der Waals surface area (Å²) in [4.78, 5) is 9.16. The predicted molar refractivity (Wildman–Crippen MR) is 100 cm³/mol. The van der Waals surface area contributed by atoms with Crippen molar-refractivity contribution < 1.29 is 13.2 Å². The van der Waals surface area contributed by atoms with E-state index in [2.05, 4.69) is 9.97 Å². The molecule has 2 aliphatic rings. The highest BCUT2D eigenvalue weighted by molar-refractivity contribution is 7.90. The fourth-order valence-corrected chi connectivity index (χ4v) is 4.80. The number of pyridine rings is 2. The van der Waals surface area contributed by atoms with Crippen molar-refractivity contribution in [3.63, 3.8) is 0 Å². The Morgan fingerprint density at radius 1 is 0.885 bits per heavy atom. The second-order valence-corrected chi connectivity index (χ2v) is 9.18. The van der Waals surface area contributed by atoms with E-state index in [9.17, 15) is 8.42 Å². The summed E-state index contributed by atoms with van der Waals surface area (Å²) in [5, 5.41) is 0.229. The van der Waals surface area contributed by atoms with Crippen molar-refractivity contribution >= 4 is 9.84 Å². The van der Waals surface area contributed by atoms with Gasteiger partial charge in [-0.3, -0.25) is 0 Å². The van der Waals surface area contributed by atoms with E-state index < -0.39 is 9.84 Å². The molecule has 0 atom stereocenters. The van der Waals surface area contributed by atoms with Crippen LogP contribution in [0.4, 0.5) is 0 Å². The second-order valence-electron chi connectivity index (χ2n) is 7.25. The van der Waals surface area contributed by atoms with Gasteiger partial charge in [-0.1, -0.05) is 18.9 Å². The Kier molecular flexibility index (Phi) is 4.69. The zero-order chi connectivity index (χ0) is 18.1. The van der Waals surface area contributed by atoms with Crippen LogP contribution in [0.3, 0.4) is 0 Å². The average Bonchev–Trinajstić information content (AvgIpc) is 2.60. The largest absolute Gasteiger partial charge is 0.477 e. The van der Waals surface area contributed by atoms with Crippen LogP contribution in [0.5, 0.6) is 5.88 Å². The molecule has 26 heavy (non-hydrogen) atoms.